The maximum Gasteiger partial charge on any atom is 0.522 e. The molecule has 1 saturated heterocycles. The summed E-state index contributed by atoms with van der Waals surface area (Å²) in [5.41, 5.74) is 0. The lowest BCUT2D eigenvalue weighted by atomic mass is 9.82. The van der Waals surface area contributed by atoms with Crippen LogP contribution in [0.25, 0.3) is 0 Å². The largest absolute Gasteiger partial charge is 0.522 e. The zero-order valence-electron chi connectivity index (χ0n) is 13.0. The molecule has 1 aromatic rings. The van der Waals surface area contributed by atoms with E-state index in [9.17, 15) is 18.0 Å². The Morgan fingerprint density at radius 3 is 2.54 bits per heavy atom. The lowest BCUT2D eigenvalue weighted by Gasteiger charge is -2.33. The Morgan fingerprint density at radius 2 is 1.96 bits per heavy atom. The molecule has 24 heavy (non-hydrogen) atoms. The molecule has 1 aliphatic carbocycles. The number of nitrogens with zero attached hydrogens (tertiary/aromatic N) is 2. The summed E-state index contributed by atoms with van der Waals surface area (Å²) in [4.78, 5) is 11.0. The van der Waals surface area contributed by atoms with Crippen LogP contribution in [-0.2, 0) is 14.3 Å². The second-order valence-corrected chi connectivity index (χ2v) is 6.13. The Balaban J connectivity index is 1.48. The van der Waals surface area contributed by atoms with E-state index in [1.807, 2.05) is 0 Å². The third-order valence-corrected chi connectivity index (χ3v) is 4.16. The molecule has 1 aliphatic heterocycles. The normalized spacial score (nSPS) is 30.7. The lowest BCUT2D eigenvalue weighted by Crippen LogP contribution is -2.40. The number of hydrogen-bond acceptors (Lipinski definition) is 6. The maximum absolute atomic E-state index is 12.1. The molecule has 2 fully saturated rings. The number of alkyl halides is 3. The summed E-state index contributed by atoms with van der Waals surface area (Å²) in [7, 11) is 0. The van der Waals surface area contributed by atoms with Gasteiger partial charge in [0.15, 0.2) is 0 Å². The van der Waals surface area contributed by atoms with Gasteiger partial charge in [-0.25, -0.2) is 0 Å². The molecule has 2 heterocycles. The third-order valence-electron chi connectivity index (χ3n) is 4.16. The Bertz CT molecular complexity index is 578. The van der Waals surface area contributed by atoms with Gasteiger partial charge in [0, 0.05) is 12.8 Å². The standard InChI is InChI=1S/C14H18F3N3O4/c1-7(21)18-9-2-3-11(22-6-9)13-20-19-12(23-13)8-4-10(5-8)24-14(15,16)17/h8-11H,2-6H2,1H3,(H,18,21)/t8?,9-,10?,11+/m1/s1. The van der Waals surface area contributed by atoms with E-state index in [4.69, 9.17) is 9.15 Å². The molecule has 1 N–H and O–H groups in total. The van der Waals surface area contributed by atoms with Gasteiger partial charge in [0.05, 0.1) is 18.8 Å². The average Bonchev–Trinajstić information content (AvgIpc) is 2.91. The first-order valence-electron chi connectivity index (χ1n) is 7.76. The van der Waals surface area contributed by atoms with Gasteiger partial charge in [-0.05, 0) is 25.7 Å². The molecule has 0 spiro atoms. The molecule has 10 heteroatoms. The molecule has 1 aromatic heterocycles. The fourth-order valence-corrected chi connectivity index (χ4v) is 2.94. The highest BCUT2D eigenvalue weighted by Gasteiger charge is 2.42. The quantitative estimate of drug-likeness (QED) is 0.897. The summed E-state index contributed by atoms with van der Waals surface area (Å²) < 4.78 is 51.4. The van der Waals surface area contributed by atoms with Gasteiger partial charge >= 0.3 is 6.36 Å². The average molecular weight is 349 g/mol. The van der Waals surface area contributed by atoms with Crippen molar-refractivity contribution in [3.8, 4) is 0 Å². The monoisotopic (exact) mass is 349 g/mol. The summed E-state index contributed by atoms with van der Waals surface area (Å²) in [6.45, 7) is 1.80. The zero-order chi connectivity index (χ0) is 17.3. The fraction of sp³-hybridized carbons (Fsp3) is 0.786. The van der Waals surface area contributed by atoms with Gasteiger partial charge in [-0.1, -0.05) is 0 Å². The van der Waals surface area contributed by atoms with Crippen molar-refractivity contribution in [3.05, 3.63) is 11.8 Å². The molecule has 1 amide bonds. The van der Waals surface area contributed by atoms with Crippen LogP contribution in [0, 0.1) is 0 Å². The molecule has 0 unspecified atom stereocenters. The van der Waals surface area contributed by atoms with Crippen LogP contribution in [0.15, 0.2) is 4.42 Å². The van der Waals surface area contributed by atoms with E-state index in [0.717, 1.165) is 6.42 Å². The fourth-order valence-electron chi connectivity index (χ4n) is 2.94. The Hall–Kier alpha value is -1.68. The Kier molecular flexibility index (Phi) is 4.77. The summed E-state index contributed by atoms with van der Waals surface area (Å²) in [6.07, 6.45) is -4.05. The van der Waals surface area contributed by atoms with Crippen molar-refractivity contribution in [2.75, 3.05) is 6.61 Å². The van der Waals surface area contributed by atoms with E-state index in [1.54, 1.807) is 0 Å². The van der Waals surface area contributed by atoms with Gasteiger partial charge in [0.25, 0.3) is 0 Å². The smallest absolute Gasteiger partial charge is 0.422 e. The van der Waals surface area contributed by atoms with Gasteiger partial charge in [-0.15, -0.1) is 23.4 Å². The molecule has 2 atom stereocenters. The molecule has 3 rings (SSSR count). The van der Waals surface area contributed by atoms with E-state index in [2.05, 4.69) is 20.3 Å². The number of aromatic nitrogens is 2. The van der Waals surface area contributed by atoms with Crippen molar-refractivity contribution in [2.45, 2.75) is 63.1 Å². The molecule has 0 radical (unpaired) electrons. The predicted octanol–water partition coefficient (Wildman–Crippen LogP) is 2.21. The highest BCUT2D eigenvalue weighted by Crippen LogP contribution is 2.41. The molecule has 134 valence electrons. The number of carbonyl (C=O) groups excluding carboxylic acids is 1. The minimum absolute atomic E-state index is 0.0342. The summed E-state index contributed by atoms with van der Waals surface area (Å²) in [5.74, 6) is 0.322. The molecule has 0 aromatic carbocycles. The number of nitrogens with one attached hydrogen (secondary N) is 1. The van der Waals surface area contributed by atoms with Crippen LogP contribution in [0.1, 0.15) is 56.4 Å². The zero-order valence-corrected chi connectivity index (χ0v) is 13.0. The van der Waals surface area contributed by atoms with Crippen LogP contribution in [0.4, 0.5) is 13.2 Å². The first-order chi connectivity index (χ1) is 11.3. The van der Waals surface area contributed by atoms with Crippen LogP contribution in [0.2, 0.25) is 0 Å². The van der Waals surface area contributed by atoms with Crippen molar-refractivity contribution in [2.24, 2.45) is 0 Å². The van der Waals surface area contributed by atoms with Crippen LogP contribution < -0.4 is 5.32 Å². The Morgan fingerprint density at radius 1 is 1.25 bits per heavy atom. The molecular formula is C14H18F3N3O4. The van der Waals surface area contributed by atoms with E-state index >= 15 is 0 Å². The summed E-state index contributed by atoms with van der Waals surface area (Å²) >= 11 is 0. The van der Waals surface area contributed by atoms with Crippen LogP contribution >= 0.6 is 0 Å². The summed E-state index contributed by atoms with van der Waals surface area (Å²) in [6, 6.07) is -0.0342. The second-order valence-electron chi connectivity index (χ2n) is 6.13. The maximum atomic E-state index is 12.1. The van der Waals surface area contributed by atoms with Crippen molar-refractivity contribution in [3.63, 3.8) is 0 Å². The summed E-state index contributed by atoms with van der Waals surface area (Å²) in [5, 5.41) is 10.6. The predicted molar refractivity (Wildman–Crippen MR) is 72.7 cm³/mol. The lowest BCUT2D eigenvalue weighted by molar-refractivity contribution is -0.352. The number of rotatable bonds is 4. The van der Waals surface area contributed by atoms with Crippen molar-refractivity contribution < 1.29 is 31.9 Å². The van der Waals surface area contributed by atoms with Gasteiger partial charge in [-0.3, -0.25) is 9.53 Å². The van der Waals surface area contributed by atoms with Crippen LogP contribution in [-0.4, -0.2) is 41.2 Å². The highest BCUT2D eigenvalue weighted by atomic mass is 19.4. The van der Waals surface area contributed by atoms with E-state index in [0.29, 0.717) is 24.8 Å². The topological polar surface area (TPSA) is 86.5 Å². The second kappa shape index (κ2) is 6.67. The van der Waals surface area contributed by atoms with Crippen molar-refractivity contribution in [1.82, 2.24) is 15.5 Å². The van der Waals surface area contributed by atoms with E-state index in [1.165, 1.54) is 6.92 Å². The van der Waals surface area contributed by atoms with Crippen molar-refractivity contribution in [1.29, 1.82) is 0 Å². The van der Waals surface area contributed by atoms with Crippen LogP contribution in [0.5, 0.6) is 0 Å². The molecule has 1 saturated carbocycles. The van der Waals surface area contributed by atoms with E-state index in [-0.39, 0.29) is 36.8 Å². The first kappa shape index (κ1) is 17.2. The third kappa shape index (κ3) is 4.23. The first-order valence-corrected chi connectivity index (χ1v) is 7.76. The highest BCUT2D eigenvalue weighted by molar-refractivity contribution is 5.73. The molecule has 2 aliphatic rings. The molecule has 0 bridgehead atoms. The van der Waals surface area contributed by atoms with Gasteiger partial charge < -0.3 is 14.5 Å². The van der Waals surface area contributed by atoms with Crippen molar-refractivity contribution >= 4 is 5.91 Å². The number of hydrogen-bond donors (Lipinski definition) is 1. The van der Waals surface area contributed by atoms with Gasteiger partial charge in [0.1, 0.15) is 6.10 Å². The Labute approximate surface area is 135 Å². The minimum Gasteiger partial charge on any atom is -0.422 e. The minimum atomic E-state index is -4.62. The number of amides is 1. The molecular weight excluding hydrogens is 331 g/mol. The van der Waals surface area contributed by atoms with Gasteiger partial charge in [0.2, 0.25) is 17.7 Å². The van der Waals surface area contributed by atoms with Crippen LogP contribution in [0.3, 0.4) is 0 Å². The SMILES string of the molecule is CC(=O)N[C@@H]1CC[C@@H](c2nnc(C3CC(OC(F)(F)F)C3)o2)OC1. The van der Waals surface area contributed by atoms with Gasteiger partial charge in [-0.2, -0.15) is 0 Å². The number of halogens is 3. The number of carbonyl (C=O) groups is 1. The molecule has 7 nitrogen and oxygen atoms in total. The number of ether oxygens (including phenoxy) is 2. The van der Waals surface area contributed by atoms with E-state index < -0.39 is 12.5 Å².